The maximum atomic E-state index is 3.16. The van der Waals surface area contributed by atoms with Crippen LogP contribution in [0.25, 0.3) is 0 Å². The van der Waals surface area contributed by atoms with E-state index in [9.17, 15) is 0 Å². The zero-order valence-electron chi connectivity index (χ0n) is 9.31. The van der Waals surface area contributed by atoms with Crippen LogP contribution in [0, 0.1) is 0 Å². The second kappa shape index (κ2) is 10.3. The lowest BCUT2D eigenvalue weighted by Crippen LogP contribution is -2.20. The molecule has 0 aromatic carbocycles. The van der Waals surface area contributed by atoms with Crippen molar-refractivity contribution >= 4 is 0 Å². The maximum Gasteiger partial charge on any atom is 0.0199 e. The van der Waals surface area contributed by atoms with Crippen LogP contribution in [0.4, 0.5) is 0 Å². The van der Waals surface area contributed by atoms with Crippen molar-refractivity contribution in [3.05, 3.63) is 12.4 Å². The fourth-order valence-corrected chi connectivity index (χ4v) is 0.481. The van der Waals surface area contributed by atoms with E-state index in [-0.39, 0.29) is 2.85 Å². The van der Waals surface area contributed by atoms with Crippen LogP contribution in [0.1, 0.15) is 44.4 Å². The predicted molar refractivity (Wildman–Crippen MR) is 61.3 cm³/mol. The van der Waals surface area contributed by atoms with Crippen LogP contribution in [-0.2, 0) is 0 Å². The van der Waals surface area contributed by atoms with Gasteiger partial charge in [0, 0.05) is 27.3 Å². The van der Waals surface area contributed by atoms with Crippen LogP contribution >= 0.6 is 0 Å². The molecule has 0 aliphatic rings. The molecule has 0 aromatic rings. The standard InChI is InChI=1S/C8H18N2.C2H6.2H2/c1-7(2)9-5-6-10-8(3)4;1-2;;/h5-10H,1-4H3;1-2H3;2*1H. The van der Waals surface area contributed by atoms with Crippen LogP contribution < -0.4 is 10.6 Å². The molecule has 2 nitrogen and oxygen atoms in total. The van der Waals surface area contributed by atoms with Gasteiger partial charge in [-0.15, -0.1) is 0 Å². The van der Waals surface area contributed by atoms with Gasteiger partial charge in [0.1, 0.15) is 0 Å². The Morgan fingerprint density at radius 3 is 1.25 bits per heavy atom. The fourth-order valence-electron chi connectivity index (χ4n) is 0.481. The van der Waals surface area contributed by atoms with Gasteiger partial charge >= 0.3 is 0 Å². The van der Waals surface area contributed by atoms with Crippen molar-refractivity contribution in [3.63, 3.8) is 0 Å². The van der Waals surface area contributed by atoms with Gasteiger partial charge in [-0.05, 0) is 27.7 Å². The zero-order chi connectivity index (χ0) is 9.98. The molecule has 0 heterocycles. The number of hydrogen-bond donors (Lipinski definition) is 2. The summed E-state index contributed by atoms with van der Waals surface area (Å²) in [5.74, 6) is 0. The van der Waals surface area contributed by atoms with Crippen molar-refractivity contribution in [1.82, 2.24) is 10.6 Å². The second-order valence-electron chi connectivity index (χ2n) is 2.98. The van der Waals surface area contributed by atoms with E-state index >= 15 is 0 Å². The molecule has 0 aliphatic carbocycles. The van der Waals surface area contributed by atoms with Gasteiger partial charge in [0.05, 0.1) is 0 Å². The quantitative estimate of drug-likeness (QED) is 0.688. The van der Waals surface area contributed by atoms with Gasteiger partial charge in [-0.25, -0.2) is 0 Å². The summed E-state index contributed by atoms with van der Waals surface area (Å²) in [7, 11) is 0. The molecule has 0 unspecified atom stereocenters. The molecule has 0 bridgehead atoms. The summed E-state index contributed by atoms with van der Waals surface area (Å²) in [4.78, 5) is 0. The SMILES string of the molecule is CC.CC(C)NC=CNC(C)C.[HH].[HH]. The molecule has 78 valence electrons. The highest BCUT2D eigenvalue weighted by molar-refractivity contribution is 4.79. The van der Waals surface area contributed by atoms with Crippen molar-refractivity contribution in [2.75, 3.05) is 0 Å². The molecule has 2 N–H and O–H groups in total. The first kappa shape index (κ1) is 13.9. The predicted octanol–water partition coefficient (Wildman–Crippen LogP) is 2.97. The van der Waals surface area contributed by atoms with E-state index in [4.69, 9.17) is 0 Å². The number of rotatable bonds is 4. The van der Waals surface area contributed by atoms with Gasteiger partial charge in [0.2, 0.25) is 0 Å². The highest BCUT2D eigenvalue weighted by Crippen LogP contribution is 1.77. The van der Waals surface area contributed by atoms with Crippen molar-refractivity contribution < 1.29 is 2.85 Å². The molecule has 0 amide bonds. The van der Waals surface area contributed by atoms with Gasteiger partial charge in [0.25, 0.3) is 0 Å². The molecule has 0 atom stereocenters. The Labute approximate surface area is 80.4 Å². The van der Waals surface area contributed by atoms with Crippen molar-refractivity contribution in [2.45, 2.75) is 53.6 Å². The van der Waals surface area contributed by atoms with E-state index in [1.165, 1.54) is 0 Å². The second-order valence-corrected chi connectivity index (χ2v) is 2.98. The Morgan fingerprint density at radius 1 is 0.833 bits per heavy atom. The minimum Gasteiger partial charge on any atom is -0.388 e. The summed E-state index contributed by atoms with van der Waals surface area (Å²) < 4.78 is 0. The van der Waals surface area contributed by atoms with Gasteiger partial charge in [-0.2, -0.15) is 0 Å². The third-order valence-corrected chi connectivity index (χ3v) is 0.942. The van der Waals surface area contributed by atoms with Crippen molar-refractivity contribution in [1.29, 1.82) is 0 Å². The molecule has 0 rings (SSSR count). The molecule has 0 aliphatic heterocycles. The summed E-state index contributed by atoms with van der Waals surface area (Å²) in [6, 6.07) is 1.04. The third kappa shape index (κ3) is 16.2. The lowest BCUT2D eigenvalue weighted by Gasteiger charge is -2.05. The normalized spacial score (nSPS) is 10.0. The summed E-state index contributed by atoms with van der Waals surface area (Å²) in [5, 5.41) is 6.32. The Balaban J connectivity index is -0.000000117. The van der Waals surface area contributed by atoms with E-state index in [1.807, 2.05) is 26.2 Å². The fraction of sp³-hybridized carbons (Fsp3) is 0.800. The largest absolute Gasteiger partial charge is 0.388 e. The molecule has 0 saturated carbocycles. The van der Waals surface area contributed by atoms with E-state index in [0.29, 0.717) is 12.1 Å². The Kier molecular flexibility index (Phi) is 12.0. The number of nitrogens with one attached hydrogen (secondary N) is 2. The smallest absolute Gasteiger partial charge is 0.0199 e. The monoisotopic (exact) mass is 176 g/mol. The third-order valence-electron chi connectivity index (χ3n) is 0.942. The summed E-state index contributed by atoms with van der Waals surface area (Å²) >= 11 is 0. The zero-order valence-corrected chi connectivity index (χ0v) is 9.31. The van der Waals surface area contributed by atoms with Gasteiger partial charge in [0.15, 0.2) is 0 Å². The molecule has 0 saturated heterocycles. The van der Waals surface area contributed by atoms with E-state index < -0.39 is 0 Å². The molecule has 0 spiro atoms. The minimum atomic E-state index is 0. The highest BCUT2D eigenvalue weighted by atomic mass is 14.9. The topological polar surface area (TPSA) is 24.1 Å². The molecule has 2 heteroatoms. The van der Waals surface area contributed by atoms with Crippen LogP contribution in [-0.4, -0.2) is 12.1 Å². The summed E-state index contributed by atoms with van der Waals surface area (Å²) in [6.45, 7) is 12.4. The first-order valence-electron chi connectivity index (χ1n) is 4.80. The Morgan fingerprint density at radius 2 is 1.08 bits per heavy atom. The molecule has 0 fully saturated rings. The van der Waals surface area contributed by atoms with Crippen LogP contribution in [0.3, 0.4) is 0 Å². The van der Waals surface area contributed by atoms with E-state index in [0.717, 1.165) is 0 Å². The lowest BCUT2D eigenvalue weighted by molar-refractivity contribution is 0.672. The minimum absolute atomic E-state index is 0. The van der Waals surface area contributed by atoms with Gasteiger partial charge in [-0.3, -0.25) is 0 Å². The van der Waals surface area contributed by atoms with E-state index in [2.05, 4.69) is 38.3 Å². The molecule has 0 radical (unpaired) electrons. The van der Waals surface area contributed by atoms with Crippen LogP contribution in [0.2, 0.25) is 0 Å². The average Bonchev–Trinajstić information content (AvgIpc) is 2.02. The lowest BCUT2D eigenvalue weighted by atomic mass is 10.4. The van der Waals surface area contributed by atoms with Crippen LogP contribution in [0.5, 0.6) is 0 Å². The molecule has 12 heavy (non-hydrogen) atoms. The molecule has 0 aromatic heterocycles. The Bertz CT molecular complexity index is 92.3. The van der Waals surface area contributed by atoms with Gasteiger partial charge < -0.3 is 10.6 Å². The summed E-state index contributed by atoms with van der Waals surface area (Å²) in [5.41, 5.74) is 0. The van der Waals surface area contributed by atoms with Crippen molar-refractivity contribution in [3.8, 4) is 0 Å². The average molecular weight is 176 g/mol. The summed E-state index contributed by atoms with van der Waals surface area (Å²) in [6.07, 6.45) is 3.87. The molecular weight excluding hydrogens is 148 g/mol. The van der Waals surface area contributed by atoms with E-state index in [1.54, 1.807) is 0 Å². The maximum absolute atomic E-state index is 3.16. The van der Waals surface area contributed by atoms with Crippen molar-refractivity contribution in [2.24, 2.45) is 0 Å². The molecular formula is C10H28N2. The highest BCUT2D eigenvalue weighted by Gasteiger charge is 1.84. The van der Waals surface area contributed by atoms with Crippen LogP contribution in [0.15, 0.2) is 12.4 Å². The Hall–Kier alpha value is -0.660. The van der Waals surface area contributed by atoms with Gasteiger partial charge in [-0.1, -0.05) is 13.8 Å². The first-order valence-corrected chi connectivity index (χ1v) is 4.80. The number of hydrogen-bond acceptors (Lipinski definition) is 2. The first-order chi connectivity index (χ1) is 5.63.